The molecule has 0 aliphatic heterocycles. The lowest BCUT2D eigenvalue weighted by Gasteiger charge is -2.11. The Labute approximate surface area is 105 Å². The van der Waals surface area contributed by atoms with Crippen LogP contribution in [0.4, 0.5) is 0 Å². The number of pyridine rings is 1. The van der Waals surface area contributed by atoms with Crippen LogP contribution in [0.2, 0.25) is 5.02 Å². The second-order valence-corrected chi connectivity index (χ2v) is 4.05. The zero-order valence-electron chi connectivity index (χ0n) is 10.1. The Morgan fingerprint density at radius 1 is 1.18 bits per heavy atom. The molecule has 2 aromatic rings. The lowest BCUT2D eigenvalue weighted by atomic mass is 10.1. The topological polar surface area (TPSA) is 31.4 Å². The highest BCUT2D eigenvalue weighted by Crippen LogP contribution is 2.36. The fourth-order valence-corrected chi connectivity index (χ4v) is 2.11. The molecule has 0 aliphatic rings. The third-order valence-corrected chi connectivity index (χ3v) is 2.99. The fourth-order valence-electron chi connectivity index (χ4n) is 1.81. The molecule has 0 aliphatic carbocycles. The molecule has 3 nitrogen and oxygen atoms in total. The van der Waals surface area contributed by atoms with Crippen molar-refractivity contribution in [3.05, 3.63) is 28.9 Å². The number of ether oxygens (including phenoxy) is 2. The Morgan fingerprint density at radius 3 is 2.41 bits per heavy atom. The summed E-state index contributed by atoms with van der Waals surface area (Å²) in [5, 5.41) is 1.44. The van der Waals surface area contributed by atoms with Crippen molar-refractivity contribution in [1.82, 2.24) is 4.98 Å². The molecule has 90 valence electrons. The number of methoxy groups -OCH3 is 2. The molecule has 0 amide bonds. The standard InChI is InChI=1S/C13H14ClNO2/c1-4-8-7-9(14)12-10(16-2)5-6-11(17-3)13(12)15-8/h5-7H,4H2,1-3H3. The van der Waals surface area contributed by atoms with E-state index in [4.69, 9.17) is 21.1 Å². The quantitative estimate of drug-likeness (QED) is 0.837. The summed E-state index contributed by atoms with van der Waals surface area (Å²) >= 11 is 6.28. The fraction of sp³-hybridized carbons (Fsp3) is 0.308. The number of nitrogens with zero attached hydrogens (tertiary/aromatic N) is 1. The van der Waals surface area contributed by atoms with Crippen molar-refractivity contribution in [1.29, 1.82) is 0 Å². The van der Waals surface area contributed by atoms with Crippen LogP contribution in [0.5, 0.6) is 11.5 Å². The third kappa shape index (κ3) is 2.03. The largest absolute Gasteiger partial charge is 0.496 e. The van der Waals surface area contributed by atoms with E-state index in [0.29, 0.717) is 16.5 Å². The number of aryl methyl sites for hydroxylation is 1. The minimum absolute atomic E-state index is 0.641. The molecular formula is C13H14ClNO2. The molecule has 0 fully saturated rings. The van der Waals surface area contributed by atoms with Gasteiger partial charge in [-0.1, -0.05) is 18.5 Å². The molecule has 4 heteroatoms. The molecule has 0 saturated carbocycles. The van der Waals surface area contributed by atoms with Crippen molar-refractivity contribution in [2.24, 2.45) is 0 Å². The smallest absolute Gasteiger partial charge is 0.145 e. The van der Waals surface area contributed by atoms with Gasteiger partial charge in [0.2, 0.25) is 0 Å². The first-order valence-electron chi connectivity index (χ1n) is 5.41. The summed E-state index contributed by atoms with van der Waals surface area (Å²) in [7, 11) is 3.24. The SMILES string of the molecule is CCc1cc(Cl)c2c(OC)ccc(OC)c2n1. The Bertz CT molecular complexity index is 555. The van der Waals surface area contributed by atoms with Crippen LogP contribution in [-0.2, 0) is 6.42 Å². The highest BCUT2D eigenvalue weighted by Gasteiger charge is 2.13. The van der Waals surface area contributed by atoms with Gasteiger partial charge in [-0.3, -0.25) is 0 Å². The normalized spacial score (nSPS) is 10.6. The van der Waals surface area contributed by atoms with E-state index in [1.165, 1.54) is 0 Å². The van der Waals surface area contributed by atoms with Gasteiger partial charge in [0.1, 0.15) is 17.0 Å². The summed E-state index contributed by atoms with van der Waals surface area (Å²) in [5.74, 6) is 1.42. The van der Waals surface area contributed by atoms with Gasteiger partial charge in [-0.2, -0.15) is 0 Å². The molecule has 0 radical (unpaired) electrons. The molecule has 1 aromatic heterocycles. The maximum absolute atomic E-state index is 6.28. The van der Waals surface area contributed by atoms with Crippen molar-refractivity contribution < 1.29 is 9.47 Å². The van der Waals surface area contributed by atoms with Crippen LogP contribution in [0.3, 0.4) is 0 Å². The Hall–Kier alpha value is -1.48. The van der Waals surface area contributed by atoms with Gasteiger partial charge in [0.05, 0.1) is 24.6 Å². The summed E-state index contributed by atoms with van der Waals surface area (Å²) in [6, 6.07) is 5.54. The maximum Gasteiger partial charge on any atom is 0.145 e. The van der Waals surface area contributed by atoms with E-state index < -0.39 is 0 Å². The second-order valence-electron chi connectivity index (χ2n) is 3.64. The van der Waals surface area contributed by atoms with Gasteiger partial charge < -0.3 is 9.47 Å². The molecule has 1 heterocycles. The Balaban J connectivity index is 2.85. The van der Waals surface area contributed by atoms with Crippen LogP contribution in [0.15, 0.2) is 18.2 Å². The van der Waals surface area contributed by atoms with Gasteiger partial charge in [0.25, 0.3) is 0 Å². The number of hydrogen-bond acceptors (Lipinski definition) is 3. The van der Waals surface area contributed by atoms with Crippen molar-refractivity contribution in [3.8, 4) is 11.5 Å². The minimum atomic E-state index is 0.641. The average Bonchev–Trinajstić information content (AvgIpc) is 2.37. The van der Waals surface area contributed by atoms with Crippen LogP contribution < -0.4 is 9.47 Å². The predicted molar refractivity (Wildman–Crippen MR) is 69.2 cm³/mol. The Morgan fingerprint density at radius 2 is 1.82 bits per heavy atom. The molecule has 0 bridgehead atoms. The van der Waals surface area contributed by atoms with Crippen molar-refractivity contribution >= 4 is 22.5 Å². The molecule has 0 N–H and O–H groups in total. The first-order chi connectivity index (χ1) is 8.21. The minimum Gasteiger partial charge on any atom is -0.496 e. The van der Waals surface area contributed by atoms with Crippen molar-refractivity contribution in [2.45, 2.75) is 13.3 Å². The number of fused-ring (bicyclic) bond motifs is 1. The van der Waals surface area contributed by atoms with Crippen molar-refractivity contribution in [2.75, 3.05) is 14.2 Å². The molecule has 0 unspecified atom stereocenters. The number of benzene rings is 1. The molecule has 17 heavy (non-hydrogen) atoms. The van der Waals surface area contributed by atoms with Crippen LogP contribution in [0, 0.1) is 0 Å². The Kier molecular flexibility index (Phi) is 3.38. The van der Waals surface area contributed by atoms with E-state index in [9.17, 15) is 0 Å². The molecule has 0 saturated heterocycles. The summed E-state index contributed by atoms with van der Waals surface area (Å²) in [6.07, 6.45) is 0.829. The zero-order chi connectivity index (χ0) is 12.4. The average molecular weight is 252 g/mol. The highest BCUT2D eigenvalue weighted by atomic mass is 35.5. The molecule has 2 rings (SSSR count). The number of rotatable bonds is 3. The van der Waals surface area contributed by atoms with Gasteiger partial charge in [-0.25, -0.2) is 4.98 Å². The first-order valence-corrected chi connectivity index (χ1v) is 5.79. The monoisotopic (exact) mass is 251 g/mol. The zero-order valence-corrected chi connectivity index (χ0v) is 10.8. The van der Waals surface area contributed by atoms with Gasteiger partial charge >= 0.3 is 0 Å². The number of hydrogen-bond donors (Lipinski definition) is 0. The molecule has 0 atom stereocenters. The molecule has 1 aromatic carbocycles. The lowest BCUT2D eigenvalue weighted by molar-refractivity contribution is 0.409. The number of halogens is 1. The summed E-state index contributed by atoms with van der Waals surface area (Å²) in [6.45, 7) is 2.04. The van der Waals surface area contributed by atoms with E-state index in [1.54, 1.807) is 14.2 Å². The summed E-state index contributed by atoms with van der Waals surface area (Å²) in [5.41, 5.74) is 1.69. The third-order valence-electron chi connectivity index (χ3n) is 2.69. The van der Waals surface area contributed by atoms with Gasteiger partial charge in [-0.15, -0.1) is 0 Å². The maximum atomic E-state index is 6.28. The van der Waals surface area contributed by atoms with Gasteiger partial charge in [0.15, 0.2) is 0 Å². The van der Waals surface area contributed by atoms with Crippen LogP contribution in [0.1, 0.15) is 12.6 Å². The van der Waals surface area contributed by atoms with Crippen LogP contribution >= 0.6 is 11.6 Å². The van der Waals surface area contributed by atoms with E-state index in [-0.39, 0.29) is 0 Å². The van der Waals surface area contributed by atoms with E-state index in [1.807, 2.05) is 25.1 Å². The van der Waals surface area contributed by atoms with E-state index in [2.05, 4.69) is 4.98 Å². The van der Waals surface area contributed by atoms with E-state index in [0.717, 1.165) is 23.0 Å². The lowest BCUT2D eigenvalue weighted by Crippen LogP contribution is -1.95. The van der Waals surface area contributed by atoms with E-state index >= 15 is 0 Å². The van der Waals surface area contributed by atoms with Crippen LogP contribution in [0.25, 0.3) is 10.9 Å². The summed E-state index contributed by atoms with van der Waals surface area (Å²) in [4.78, 5) is 4.54. The highest BCUT2D eigenvalue weighted by molar-refractivity contribution is 6.36. The molecule has 0 spiro atoms. The summed E-state index contributed by atoms with van der Waals surface area (Å²) < 4.78 is 10.6. The van der Waals surface area contributed by atoms with Gasteiger partial charge in [0, 0.05) is 5.69 Å². The molecular weight excluding hydrogens is 238 g/mol. The van der Waals surface area contributed by atoms with Crippen molar-refractivity contribution in [3.63, 3.8) is 0 Å². The first kappa shape index (κ1) is 12.0. The number of aromatic nitrogens is 1. The van der Waals surface area contributed by atoms with Crippen LogP contribution in [-0.4, -0.2) is 19.2 Å². The predicted octanol–water partition coefficient (Wildman–Crippen LogP) is 3.47. The second kappa shape index (κ2) is 4.80. The van der Waals surface area contributed by atoms with Gasteiger partial charge in [-0.05, 0) is 24.6 Å².